The highest BCUT2D eigenvalue weighted by molar-refractivity contribution is 4.89. The highest BCUT2D eigenvalue weighted by atomic mass is 15.0. The Morgan fingerprint density at radius 2 is 1.76 bits per heavy atom. The average Bonchev–Trinajstić information content (AvgIpc) is 2.71. The molecule has 1 nitrogen and oxygen atoms in total. The van der Waals surface area contributed by atoms with E-state index >= 15 is 0 Å². The van der Waals surface area contributed by atoms with Crippen molar-refractivity contribution in [2.24, 2.45) is 17.8 Å². The molecule has 100 valence electrons. The van der Waals surface area contributed by atoms with Gasteiger partial charge in [-0.3, -0.25) is 0 Å². The first-order valence-corrected chi connectivity index (χ1v) is 7.98. The van der Waals surface area contributed by atoms with Gasteiger partial charge in [0.2, 0.25) is 0 Å². The van der Waals surface area contributed by atoms with Gasteiger partial charge in [0.25, 0.3) is 0 Å². The summed E-state index contributed by atoms with van der Waals surface area (Å²) in [5.41, 5.74) is 0. The Morgan fingerprint density at radius 1 is 1.06 bits per heavy atom. The summed E-state index contributed by atoms with van der Waals surface area (Å²) in [6.07, 6.45) is 11.6. The first kappa shape index (κ1) is 13.4. The maximum absolute atomic E-state index is 3.96. The Bertz CT molecular complexity index is 220. The van der Waals surface area contributed by atoms with Gasteiger partial charge in [-0.15, -0.1) is 0 Å². The van der Waals surface area contributed by atoms with Crippen molar-refractivity contribution in [1.29, 1.82) is 0 Å². The van der Waals surface area contributed by atoms with E-state index in [2.05, 4.69) is 26.1 Å². The molecule has 2 rings (SSSR count). The van der Waals surface area contributed by atoms with Gasteiger partial charge in [-0.25, -0.2) is 0 Å². The van der Waals surface area contributed by atoms with Crippen LogP contribution >= 0.6 is 0 Å². The molecule has 4 atom stereocenters. The molecule has 0 heterocycles. The molecule has 1 N–H and O–H groups in total. The molecule has 2 saturated carbocycles. The lowest BCUT2D eigenvalue weighted by Gasteiger charge is -2.32. The Labute approximate surface area is 108 Å². The molecule has 0 aromatic carbocycles. The Kier molecular flexibility index (Phi) is 4.90. The van der Waals surface area contributed by atoms with Crippen LogP contribution in [0.1, 0.15) is 72.1 Å². The van der Waals surface area contributed by atoms with Gasteiger partial charge >= 0.3 is 0 Å². The third-order valence-corrected chi connectivity index (χ3v) is 5.58. The molecule has 0 radical (unpaired) electrons. The lowest BCUT2D eigenvalue weighted by Crippen LogP contribution is -2.43. The second-order valence-electron chi connectivity index (χ2n) is 6.56. The van der Waals surface area contributed by atoms with Gasteiger partial charge in [0.1, 0.15) is 0 Å². The second kappa shape index (κ2) is 6.22. The largest absolute Gasteiger partial charge is 0.311 e. The van der Waals surface area contributed by atoms with Crippen molar-refractivity contribution in [3.63, 3.8) is 0 Å². The average molecular weight is 237 g/mol. The van der Waals surface area contributed by atoms with Crippen LogP contribution < -0.4 is 5.32 Å². The number of nitrogens with one attached hydrogen (secondary N) is 1. The van der Waals surface area contributed by atoms with E-state index in [9.17, 15) is 0 Å². The standard InChI is InChI=1S/C16H31N/c1-4-14-10-11-16(12(14)2)17-13(3)15-8-6-5-7-9-15/h12-17H,4-11H2,1-3H3. The van der Waals surface area contributed by atoms with Gasteiger partial charge in [0, 0.05) is 12.1 Å². The molecule has 0 bridgehead atoms. The summed E-state index contributed by atoms with van der Waals surface area (Å²) in [5, 5.41) is 3.96. The summed E-state index contributed by atoms with van der Waals surface area (Å²) < 4.78 is 0. The molecular formula is C16H31N. The van der Waals surface area contributed by atoms with E-state index in [4.69, 9.17) is 0 Å². The third kappa shape index (κ3) is 3.24. The van der Waals surface area contributed by atoms with Gasteiger partial charge < -0.3 is 5.32 Å². The molecule has 1 heteroatoms. The van der Waals surface area contributed by atoms with E-state index in [1.165, 1.54) is 51.4 Å². The quantitative estimate of drug-likeness (QED) is 0.765. The van der Waals surface area contributed by atoms with Crippen molar-refractivity contribution in [3.05, 3.63) is 0 Å². The van der Waals surface area contributed by atoms with Crippen molar-refractivity contribution < 1.29 is 0 Å². The smallest absolute Gasteiger partial charge is 0.00980 e. The zero-order chi connectivity index (χ0) is 12.3. The first-order valence-electron chi connectivity index (χ1n) is 7.98. The predicted molar refractivity (Wildman–Crippen MR) is 75.1 cm³/mol. The van der Waals surface area contributed by atoms with Crippen LogP contribution in [0, 0.1) is 17.8 Å². The lowest BCUT2D eigenvalue weighted by atomic mass is 9.84. The molecule has 0 aliphatic heterocycles. The molecule has 0 saturated heterocycles. The fraction of sp³-hybridized carbons (Fsp3) is 1.00. The SMILES string of the molecule is CCC1CCC(NC(C)C2CCCCC2)C1C. The van der Waals surface area contributed by atoms with Crippen LogP contribution in [0.3, 0.4) is 0 Å². The summed E-state index contributed by atoms with van der Waals surface area (Å²) in [6, 6.07) is 1.55. The van der Waals surface area contributed by atoms with Crippen LogP contribution in [0.25, 0.3) is 0 Å². The minimum Gasteiger partial charge on any atom is -0.311 e. The van der Waals surface area contributed by atoms with Crippen molar-refractivity contribution in [2.45, 2.75) is 84.2 Å². The first-order chi connectivity index (χ1) is 8.22. The van der Waals surface area contributed by atoms with E-state index in [0.29, 0.717) is 0 Å². The molecule has 2 aliphatic rings. The van der Waals surface area contributed by atoms with Crippen LogP contribution in [0.4, 0.5) is 0 Å². The molecule has 17 heavy (non-hydrogen) atoms. The van der Waals surface area contributed by atoms with Crippen molar-refractivity contribution in [3.8, 4) is 0 Å². The molecule has 2 aliphatic carbocycles. The summed E-state index contributed by atoms with van der Waals surface area (Å²) in [6.45, 7) is 7.25. The molecule has 4 unspecified atom stereocenters. The van der Waals surface area contributed by atoms with Crippen molar-refractivity contribution >= 4 is 0 Å². The van der Waals surface area contributed by atoms with Gasteiger partial charge in [0.05, 0.1) is 0 Å². The molecule has 2 fully saturated rings. The van der Waals surface area contributed by atoms with Gasteiger partial charge in [-0.1, -0.05) is 39.5 Å². The normalized spacial score (nSPS) is 37.2. The fourth-order valence-electron chi connectivity index (χ4n) is 4.17. The zero-order valence-corrected chi connectivity index (χ0v) is 12.0. The van der Waals surface area contributed by atoms with Crippen molar-refractivity contribution in [2.75, 3.05) is 0 Å². The van der Waals surface area contributed by atoms with Crippen molar-refractivity contribution in [1.82, 2.24) is 5.32 Å². The van der Waals surface area contributed by atoms with E-state index in [0.717, 1.165) is 29.8 Å². The number of rotatable bonds is 4. The highest BCUT2D eigenvalue weighted by Gasteiger charge is 2.33. The lowest BCUT2D eigenvalue weighted by molar-refractivity contribution is 0.241. The summed E-state index contributed by atoms with van der Waals surface area (Å²) in [4.78, 5) is 0. The number of hydrogen-bond acceptors (Lipinski definition) is 1. The Hall–Kier alpha value is -0.0400. The highest BCUT2D eigenvalue weighted by Crippen LogP contribution is 2.35. The molecule has 0 aromatic heterocycles. The van der Waals surface area contributed by atoms with Crippen LogP contribution in [0.2, 0.25) is 0 Å². The van der Waals surface area contributed by atoms with E-state index in [-0.39, 0.29) is 0 Å². The maximum Gasteiger partial charge on any atom is 0.00980 e. The molecular weight excluding hydrogens is 206 g/mol. The van der Waals surface area contributed by atoms with Gasteiger partial charge in [-0.2, -0.15) is 0 Å². The summed E-state index contributed by atoms with van der Waals surface area (Å²) >= 11 is 0. The van der Waals surface area contributed by atoms with Crippen LogP contribution in [0.5, 0.6) is 0 Å². The summed E-state index contributed by atoms with van der Waals surface area (Å²) in [5.74, 6) is 2.83. The Balaban J connectivity index is 1.80. The third-order valence-electron chi connectivity index (χ3n) is 5.58. The van der Waals surface area contributed by atoms with Gasteiger partial charge in [-0.05, 0) is 50.4 Å². The predicted octanol–water partition coefficient (Wildman–Crippen LogP) is 4.37. The monoisotopic (exact) mass is 237 g/mol. The van der Waals surface area contributed by atoms with E-state index in [1.54, 1.807) is 0 Å². The van der Waals surface area contributed by atoms with E-state index < -0.39 is 0 Å². The van der Waals surface area contributed by atoms with Gasteiger partial charge in [0.15, 0.2) is 0 Å². The van der Waals surface area contributed by atoms with Crippen LogP contribution in [-0.4, -0.2) is 12.1 Å². The summed E-state index contributed by atoms with van der Waals surface area (Å²) in [7, 11) is 0. The minimum atomic E-state index is 0.748. The van der Waals surface area contributed by atoms with Crippen LogP contribution in [0.15, 0.2) is 0 Å². The second-order valence-corrected chi connectivity index (χ2v) is 6.56. The molecule has 0 amide bonds. The minimum absolute atomic E-state index is 0.748. The zero-order valence-electron chi connectivity index (χ0n) is 12.0. The van der Waals surface area contributed by atoms with E-state index in [1.807, 2.05) is 0 Å². The topological polar surface area (TPSA) is 12.0 Å². The van der Waals surface area contributed by atoms with Crippen LogP contribution in [-0.2, 0) is 0 Å². The Morgan fingerprint density at radius 3 is 2.35 bits per heavy atom. The molecule has 0 spiro atoms. The maximum atomic E-state index is 3.96. The number of hydrogen-bond donors (Lipinski definition) is 1. The molecule has 0 aromatic rings. The fourth-order valence-corrected chi connectivity index (χ4v) is 4.17.